The number of carbonyl (C=O) groups is 1. The van der Waals surface area contributed by atoms with E-state index in [-0.39, 0.29) is 11.9 Å². The van der Waals surface area contributed by atoms with Gasteiger partial charge in [0.2, 0.25) is 0 Å². The van der Waals surface area contributed by atoms with Gasteiger partial charge in [-0.2, -0.15) is 15.5 Å². The molecule has 0 bridgehead atoms. The number of carbonyl (C=O) groups excluding carboxylic acids is 1. The largest absolute Gasteiger partial charge is 0.351 e. The molecule has 0 radical (unpaired) electrons. The third-order valence-corrected chi connectivity index (χ3v) is 5.26. The summed E-state index contributed by atoms with van der Waals surface area (Å²) in [5.74, 6) is 0.501. The van der Waals surface area contributed by atoms with Gasteiger partial charge < -0.3 is 10.2 Å². The second-order valence-electron chi connectivity index (χ2n) is 6.86. The molecule has 28 heavy (non-hydrogen) atoms. The number of aryl methyl sites for hydroxylation is 2. The highest BCUT2D eigenvalue weighted by molar-refractivity contribution is 6.33. The molecule has 0 atom stereocenters. The van der Waals surface area contributed by atoms with E-state index in [9.17, 15) is 4.79 Å². The highest BCUT2D eigenvalue weighted by atomic mass is 35.5. The van der Waals surface area contributed by atoms with Gasteiger partial charge in [-0.15, -0.1) is 0 Å². The van der Waals surface area contributed by atoms with Gasteiger partial charge in [0, 0.05) is 30.2 Å². The Kier molecular flexibility index (Phi) is 4.57. The van der Waals surface area contributed by atoms with Crippen LogP contribution >= 0.6 is 11.6 Å². The van der Waals surface area contributed by atoms with Crippen LogP contribution in [-0.4, -0.2) is 40.2 Å². The lowest BCUT2D eigenvalue weighted by Crippen LogP contribution is -2.59. The summed E-state index contributed by atoms with van der Waals surface area (Å²) < 4.78 is 0. The van der Waals surface area contributed by atoms with Crippen molar-refractivity contribution in [3.05, 3.63) is 57.9 Å². The maximum absolute atomic E-state index is 12.6. The minimum Gasteiger partial charge on any atom is -0.351 e. The van der Waals surface area contributed by atoms with Crippen molar-refractivity contribution in [2.24, 2.45) is 0 Å². The summed E-state index contributed by atoms with van der Waals surface area (Å²) in [6.45, 7) is 5.11. The van der Waals surface area contributed by atoms with Gasteiger partial charge in [-0.1, -0.05) is 11.6 Å². The number of benzene rings is 1. The Morgan fingerprint density at radius 1 is 1.29 bits per heavy atom. The normalized spacial score (nSPS) is 13.9. The van der Waals surface area contributed by atoms with E-state index >= 15 is 0 Å². The van der Waals surface area contributed by atoms with Gasteiger partial charge in [-0.3, -0.25) is 4.79 Å². The fourth-order valence-corrected chi connectivity index (χ4v) is 3.49. The van der Waals surface area contributed by atoms with Gasteiger partial charge in [0.15, 0.2) is 0 Å². The minimum absolute atomic E-state index is 0.00936. The predicted octanol–water partition coefficient (Wildman–Crippen LogP) is 2.79. The zero-order chi connectivity index (χ0) is 19.8. The molecule has 0 spiro atoms. The van der Waals surface area contributed by atoms with Crippen LogP contribution < -0.4 is 10.2 Å². The summed E-state index contributed by atoms with van der Waals surface area (Å²) in [5, 5.41) is 21.6. The third-order valence-electron chi connectivity index (χ3n) is 4.98. The SMILES string of the molecule is Cc1nnc2ccc(C(=O)NC3CN(c4ncc(C#N)cc4Cl)C3)cc2c1C. The van der Waals surface area contributed by atoms with Crippen molar-refractivity contribution in [2.45, 2.75) is 19.9 Å². The van der Waals surface area contributed by atoms with E-state index in [0.29, 0.717) is 35.1 Å². The Balaban J connectivity index is 1.44. The summed E-state index contributed by atoms with van der Waals surface area (Å²) in [4.78, 5) is 18.8. The fraction of sp³-hybridized carbons (Fsp3) is 0.250. The number of aromatic nitrogens is 3. The lowest BCUT2D eigenvalue weighted by molar-refractivity contribution is 0.0930. The molecule has 1 fully saturated rings. The summed E-state index contributed by atoms with van der Waals surface area (Å²) in [5.41, 5.74) is 3.67. The average Bonchev–Trinajstić information content (AvgIpc) is 2.67. The van der Waals surface area contributed by atoms with Crippen LogP contribution in [0, 0.1) is 25.2 Å². The number of anilines is 1. The van der Waals surface area contributed by atoms with Gasteiger partial charge >= 0.3 is 0 Å². The van der Waals surface area contributed by atoms with Gasteiger partial charge in [0.05, 0.1) is 27.8 Å². The zero-order valence-electron chi connectivity index (χ0n) is 15.4. The second-order valence-corrected chi connectivity index (χ2v) is 7.27. The molecule has 140 valence electrons. The third kappa shape index (κ3) is 3.23. The highest BCUT2D eigenvalue weighted by Gasteiger charge is 2.30. The molecule has 3 heterocycles. The maximum Gasteiger partial charge on any atom is 0.251 e. The predicted molar refractivity (Wildman–Crippen MR) is 106 cm³/mol. The van der Waals surface area contributed by atoms with Crippen LogP contribution in [0.2, 0.25) is 5.02 Å². The molecular formula is C20H17ClN6O. The van der Waals surface area contributed by atoms with Crippen molar-refractivity contribution in [1.29, 1.82) is 5.26 Å². The Hall–Kier alpha value is -3.24. The van der Waals surface area contributed by atoms with Crippen LogP contribution in [0.5, 0.6) is 0 Å². The Morgan fingerprint density at radius 2 is 2.07 bits per heavy atom. The molecule has 2 aromatic heterocycles. The van der Waals surface area contributed by atoms with Crippen LogP contribution in [-0.2, 0) is 0 Å². The lowest BCUT2D eigenvalue weighted by Gasteiger charge is -2.40. The summed E-state index contributed by atoms with van der Waals surface area (Å²) in [6.07, 6.45) is 1.50. The summed E-state index contributed by atoms with van der Waals surface area (Å²) >= 11 is 6.19. The first kappa shape index (κ1) is 18.1. The fourth-order valence-electron chi connectivity index (χ4n) is 3.20. The number of hydrogen-bond acceptors (Lipinski definition) is 6. The van der Waals surface area contributed by atoms with Crippen LogP contribution in [0.15, 0.2) is 30.5 Å². The lowest BCUT2D eigenvalue weighted by atomic mass is 10.0. The van der Waals surface area contributed by atoms with Crippen LogP contribution in [0.1, 0.15) is 27.2 Å². The van der Waals surface area contributed by atoms with Crippen molar-refractivity contribution >= 4 is 34.2 Å². The number of amides is 1. The quantitative estimate of drug-likeness (QED) is 0.736. The standard InChI is InChI=1S/C20H17ClN6O/c1-11-12(2)25-26-18-4-3-14(6-16(11)18)20(28)24-15-9-27(10-15)19-17(21)5-13(7-22)8-23-19/h3-6,8,15H,9-10H2,1-2H3,(H,24,28). The van der Waals surface area contributed by atoms with Crippen LogP contribution in [0.4, 0.5) is 5.82 Å². The van der Waals surface area contributed by atoms with Crippen LogP contribution in [0.3, 0.4) is 0 Å². The van der Waals surface area contributed by atoms with Gasteiger partial charge in [-0.25, -0.2) is 4.98 Å². The maximum atomic E-state index is 12.6. The number of fused-ring (bicyclic) bond motifs is 1. The number of pyridine rings is 1. The first-order chi connectivity index (χ1) is 13.5. The monoisotopic (exact) mass is 392 g/mol. The number of nitrogens with one attached hydrogen (secondary N) is 1. The Bertz CT molecular complexity index is 1130. The van der Waals surface area contributed by atoms with E-state index in [2.05, 4.69) is 20.5 Å². The first-order valence-electron chi connectivity index (χ1n) is 8.81. The molecule has 0 unspecified atom stereocenters. The number of hydrogen-bond donors (Lipinski definition) is 1. The number of nitrogens with zero attached hydrogens (tertiary/aromatic N) is 5. The molecular weight excluding hydrogens is 376 g/mol. The molecule has 4 rings (SSSR count). The Labute approximate surface area is 167 Å². The molecule has 1 aromatic carbocycles. The molecule has 1 saturated heterocycles. The molecule has 1 aliphatic heterocycles. The molecule has 0 saturated carbocycles. The van der Waals surface area contributed by atoms with Crippen molar-refractivity contribution < 1.29 is 4.79 Å². The van der Waals surface area contributed by atoms with E-state index < -0.39 is 0 Å². The Morgan fingerprint density at radius 3 is 2.79 bits per heavy atom. The molecule has 8 heteroatoms. The van der Waals surface area contributed by atoms with Crippen molar-refractivity contribution in [3.8, 4) is 6.07 Å². The van der Waals surface area contributed by atoms with E-state index in [1.54, 1.807) is 12.1 Å². The van der Waals surface area contributed by atoms with Gasteiger partial charge in [0.25, 0.3) is 5.91 Å². The minimum atomic E-state index is -0.126. The molecule has 0 aliphatic carbocycles. The van der Waals surface area contributed by atoms with E-state index in [0.717, 1.165) is 22.2 Å². The number of nitriles is 1. The topological polar surface area (TPSA) is 94.8 Å². The summed E-state index contributed by atoms with van der Waals surface area (Å²) in [7, 11) is 0. The number of halogens is 1. The summed E-state index contributed by atoms with van der Waals surface area (Å²) in [6, 6.07) is 9.05. The highest BCUT2D eigenvalue weighted by Crippen LogP contribution is 2.28. The van der Waals surface area contributed by atoms with E-state index in [4.69, 9.17) is 16.9 Å². The van der Waals surface area contributed by atoms with Gasteiger partial charge in [0.1, 0.15) is 11.9 Å². The smallest absolute Gasteiger partial charge is 0.251 e. The van der Waals surface area contributed by atoms with Crippen molar-refractivity contribution in [3.63, 3.8) is 0 Å². The molecule has 7 nitrogen and oxygen atoms in total. The van der Waals surface area contributed by atoms with E-state index in [1.807, 2.05) is 36.9 Å². The second kappa shape index (κ2) is 7.06. The molecule has 1 amide bonds. The molecule has 1 aliphatic rings. The first-order valence-corrected chi connectivity index (χ1v) is 9.19. The number of rotatable bonds is 3. The average molecular weight is 393 g/mol. The molecule has 1 N–H and O–H groups in total. The van der Waals surface area contributed by atoms with Gasteiger partial charge in [-0.05, 0) is 43.7 Å². The zero-order valence-corrected chi connectivity index (χ0v) is 16.2. The van der Waals surface area contributed by atoms with E-state index in [1.165, 1.54) is 6.20 Å². The molecule has 3 aromatic rings. The van der Waals surface area contributed by atoms with Crippen molar-refractivity contribution in [1.82, 2.24) is 20.5 Å². The van der Waals surface area contributed by atoms with Crippen LogP contribution in [0.25, 0.3) is 10.9 Å². The van der Waals surface area contributed by atoms with Crippen molar-refractivity contribution in [2.75, 3.05) is 18.0 Å².